The molecule has 1 aromatic rings. The number of esters is 1. The van der Waals surface area contributed by atoms with Gasteiger partial charge in [0.05, 0.1) is 6.61 Å². The lowest BCUT2D eigenvalue weighted by molar-refractivity contribution is -0.140. The van der Waals surface area contributed by atoms with Crippen LogP contribution in [0.25, 0.3) is 0 Å². The Labute approximate surface area is 71.6 Å². The normalized spacial score (nSPS) is 7.83. The van der Waals surface area contributed by atoms with Gasteiger partial charge in [0.2, 0.25) is 0 Å². The summed E-state index contributed by atoms with van der Waals surface area (Å²) in [5.74, 6) is -0.211. The number of nitrogens with zero attached hydrogens (tertiary/aromatic N) is 2. The van der Waals surface area contributed by atoms with Crippen molar-refractivity contribution in [2.75, 3.05) is 6.61 Å². The lowest BCUT2D eigenvalue weighted by Gasteiger charge is -1.89. The smallest absolute Gasteiger partial charge is 0.302 e. The fourth-order valence-corrected chi connectivity index (χ4v) is 0.457. The van der Waals surface area contributed by atoms with Crippen LogP contribution in [0, 0.1) is 0 Å². The van der Waals surface area contributed by atoms with Crippen LogP contribution >= 0.6 is 0 Å². The minimum Gasteiger partial charge on any atom is -0.466 e. The Hall–Kier alpha value is -1.45. The van der Waals surface area contributed by atoms with E-state index in [0.717, 1.165) is 0 Å². The largest absolute Gasteiger partial charge is 0.466 e. The van der Waals surface area contributed by atoms with Crippen molar-refractivity contribution in [3.05, 3.63) is 24.8 Å². The number of ether oxygens (including phenoxy) is 1. The van der Waals surface area contributed by atoms with Crippen molar-refractivity contribution < 1.29 is 9.53 Å². The molecule has 0 saturated carbocycles. The Bertz CT molecular complexity index is 175. The predicted octanol–water partition coefficient (Wildman–Crippen LogP) is 1.05. The van der Waals surface area contributed by atoms with E-state index in [0.29, 0.717) is 6.61 Å². The van der Waals surface area contributed by atoms with Gasteiger partial charge < -0.3 is 4.74 Å². The van der Waals surface area contributed by atoms with E-state index in [1.54, 1.807) is 25.4 Å². The van der Waals surface area contributed by atoms with Crippen molar-refractivity contribution in [1.29, 1.82) is 0 Å². The third-order valence-electron chi connectivity index (χ3n) is 0.825. The highest BCUT2D eigenvalue weighted by Crippen LogP contribution is 1.69. The summed E-state index contributed by atoms with van der Waals surface area (Å²) in [6, 6.07) is 1.78. The summed E-state index contributed by atoms with van der Waals surface area (Å²) < 4.78 is 4.40. The van der Waals surface area contributed by atoms with E-state index in [1.165, 1.54) is 13.3 Å². The lowest BCUT2D eigenvalue weighted by Crippen LogP contribution is -1.95. The van der Waals surface area contributed by atoms with Crippen LogP contribution in [0.4, 0.5) is 0 Å². The standard InChI is InChI=1S/C4H4N2.C4H8O2/c1-2-5-4-6-3-1;1-3-6-4(2)5/h1-4H;3H2,1-2H3. The molecule has 0 atom stereocenters. The average Bonchev–Trinajstić information content (AvgIpc) is 2.08. The van der Waals surface area contributed by atoms with Gasteiger partial charge in [-0.3, -0.25) is 4.79 Å². The maximum Gasteiger partial charge on any atom is 0.302 e. The Morgan fingerprint density at radius 3 is 2.08 bits per heavy atom. The maximum atomic E-state index is 9.82. The Balaban J connectivity index is 0.000000202. The summed E-state index contributed by atoms with van der Waals surface area (Å²) in [6.45, 7) is 3.65. The van der Waals surface area contributed by atoms with E-state index in [4.69, 9.17) is 0 Å². The molecule has 66 valence electrons. The molecular formula is C8H12N2O2. The van der Waals surface area contributed by atoms with E-state index < -0.39 is 0 Å². The van der Waals surface area contributed by atoms with Gasteiger partial charge in [-0.05, 0) is 13.0 Å². The number of carbonyl (C=O) groups is 1. The number of hydrogen-bond donors (Lipinski definition) is 0. The first-order valence-corrected chi connectivity index (χ1v) is 3.60. The Kier molecular flexibility index (Phi) is 6.73. The van der Waals surface area contributed by atoms with Crippen molar-refractivity contribution in [3.8, 4) is 0 Å². The molecule has 4 nitrogen and oxygen atoms in total. The molecule has 0 aliphatic carbocycles. The zero-order chi connectivity index (χ0) is 9.23. The highest BCUT2D eigenvalue weighted by molar-refractivity contribution is 5.65. The van der Waals surface area contributed by atoms with Crippen LogP contribution in [-0.4, -0.2) is 22.5 Å². The van der Waals surface area contributed by atoms with Gasteiger partial charge in [0.25, 0.3) is 0 Å². The zero-order valence-corrected chi connectivity index (χ0v) is 7.23. The van der Waals surface area contributed by atoms with Gasteiger partial charge in [-0.15, -0.1) is 0 Å². The minimum atomic E-state index is -0.211. The summed E-state index contributed by atoms with van der Waals surface area (Å²) >= 11 is 0. The van der Waals surface area contributed by atoms with Gasteiger partial charge in [-0.1, -0.05) is 0 Å². The number of carbonyl (C=O) groups excluding carboxylic acids is 1. The molecule has 1 rings (SSSR count). The Morgan fingerprint density at radius 2 is 2.00 bits per heavy atom. The molecule has 0 bridgehead atoms. The predicted molar refractivity (Wildman–Crippen MR) is 44.3 cm³/mol. The molecule has 0 radical (unpaired) electrons. The molecule has 12 heavy (non-hydrogen) atoms. The van der Waals surface area contributed by atoms with Crippen LogP contribution in [-0.2, 0) is 9.53 Å². The van der Waals surface area contributed by atoms with Gasteiger partial charge >= 0.3 is 5.97 Å². The van der Waals surface area contributed by atoms with Crippen LogP contribution < -0.4 is 0 Å². The summed E-state index contributed by atoms with van der Waals surface area (Å²) in [4.78, 5) is 17.2. The molecular weight excluding hydrogens is 156 g/mol. The van der Waals surface area contributed by atoms with Crippen molar-refractivity contribution in [2.24, 2.45) is 0 Å². The summed E-state index contributed by atoms with van der Waals surface area (Å²) in [5, 5.41) is 0. The Morgan fingerprint density at radius 1 is 1.42 bits per heavy atom. The van der Waals surface area contributed by atoms with Crippen LogP contribution in [0.3, 0.4) is 0 Å². The summed E-state index contributed by atoms with van der Waals surface area (Å²) in [7, 11) is 0. The van der Waals surface area contributed by atoms with E-state index in [1.807, 2.05) is 0 Å². The highest BCUT2D eigenvalue weighted by atomic mass is 16.5. The van der Waals surface area contributed by atoms with Crippen molar-refractivity contribution in [1.82, 2.24) is 9.97 Å². The van der Waals surface area contributed by atoms with E-state index in [2.05, 4.69) is 14.7 Å². The maximum absolute atomic E-state index is 9.82. The van der Waals surface area contributed by atoms with Gasteiger partial charge in [0.15, 0.2) is 0 Å². The van der Waals surface area contributed by atoms with Gasteiger partial charge in [-0.25, -0.2) is 9.97 Å². The van der Waals surface area contributed by atoms with Gasteiger partial charge in [0.1, 0.15) is 6.33 Å². The third kappa shape index (κ3) is 8.55. The van der Waals surface area contributed by atoms with E-state index in [-0.39, 0.29) is 5.97 Å². The van der Waals surface area contributed by atoms with E-state index >= 15 is 0 Å². The molecule has 0 aliphatic rings. The molecule has 0 aromatic carbocycles. The van der Waals surface area contributed by atoms with Crippen molar-refractivity contribution >= 4 is 5.97 Å². The molecule has 1 aromatic heterocycles. The topological polar surface area (TPSA) is 52.1 Å². The first-order valence-electron chi connectivity index (χ1n) is 3.60. The SMILES string of the molecule is CCOC(C)=O.c1cncnc1. The first-order chi connectivity index (χ1) is 5.77. The third-order valence-corrected chi connectivity index (χ3v) is 0.825. The summed E-state index contributed by atoms with van der Waals surface area (Å²) in [5.41, 5.74) is 0. The lowest BCUT2D eigenvalue weighted by atomic mass is 10.7. The van der Waals surface area contributed by atoms with Crippen LogP contribution in [0.15, 0.2) is 24.8 Å². The second-order valence-corrected chi connectivity index (χ2v) is 1.83. The second kappa shape index (κ2) is 7.65. The fraction of sp³-hybridized carbons (Fsp3) is 0.375. The van der Waals surface area contributed by atoms with Crippen molar-refractivity contribution in [2.45, 2.75) is 13.8 Å². The van der Waals surface area contributed by atoms with Crippen LogP contribution in [0.5, 0.6) is 0 Å². The molecule has 1 heterocycles. The van der Waals surface area contributed by atoms with Gasteiger partial charge in [0, 0.05) is 19.3 Å². The molecule has 0 spiro atoms. The monoisotopic (exact) mass is 168 g/mol. The zero-order valence-electron chi connectivity index (χ0n) is 7.23. The minimum absolute atomic E-state index is 0.211. The molecule has 0 amide bonds. The van der Waals surface area contributed by atoms with Crippen molar-refractivity contribution in [3.63, 3.8) is 0 Å². The summed E-state index contributed by atoms with van der Waals surface area (Å²) in [6.07, 6.45) is 4.88. The molecule has 0 saturated heterocycles. The number of aromatic nitrogens is 2. The quantitative estimate of drug-likeness (QED) is 0.588. The van der Waals surface area contributed by atoms with Crippen LogP contribution in [0.1, 0.15) is 13.8 Å². The van der Waals surface area contributed by atoms with E-state index in [9.17, 15) is 4.79 Å². The van der Waals surface area contributed by atoms with Gasteiger partial charge in [-0.2, -0.15) is 0 Å². The van der Waals surface area contributed by atoms with Crippen LogP contribution in [0.2, 0.25) is 0 Å². The molecule has 0 N–H and O–H groups in total. The number of hydrogen-bond acceptors (Lipinski definition) is 4. The average molecular weight is 168 g/mol. The second-order valence-electron chi connectivity index (χ2n) is 1.83. The first kappa shape index (κ1) is 10.6. The molecule has 4 heteroatoms. The molecule has 0 aliphatic heterocycles. The fourth-order valence-electron chi connectivity index (χ4n) is 0.457. The molecule has 0 fully saturated rings. The number of rotatable bonds is 1. The molecule has 0 unspecified atom stereocenters. The highest BCUT2D eigenvalue weighted by Gasteiger charge is 1.81.